The van der Waals surface area contributed by atoms with Crippen LogP contribution in [0.3, 0.4) is 0 Å². The van der Waals surface area contributed by atoms with Crippen molar-refractivity contribution in [2.75, 3.05) is 18.0 Å². The number of aromatic carboxylic acids is 1. The van der Waals surface area contributed by atoms with E-state index in [9.17, 15) is 27.9 Å². The molecule has 3 unspecified atom stereocenters. The SMILES string of the molecule is NC1(C2CCN(c3ccc4c(=O)c(C(=O)O)cn(C5CC5F)c4c3OC(F)F)C2)CCC1. The van der Waals surface area contributed by atoms with E-state index in [0.29, 0.717) is 18.8 Å². The molecule has 1 saturated heterocycles. The maximum Gasteiger partial charge on any atom is 0.387 e. The van der Waals surface area contributed by atoms with Crippen molar-refractivity contribution in [3.05, 3.63) is 34.1 Å². The number of pyridine rings is 1. The van der Waals surface area contributed by atoms with Crippen LogP contribution in [0.5, 0.6) is 5.75 Å². The van der Waals surface area contributed by atoms with E-state index < -0.39 is 35.8 Å². The van der Waals surface area contributed by atoms with Crippen molar-refractivity contribution < 1.29 is 27.8 Å². The molecule has 10 heteroatoms. The molecule has 3 fully saturated rings. The van der Waals surface area contributed by atoms with Crippen LogP contribution in [0.1, 0.15) is 48.5 Å². The molecule has 3 aliphatic rings. The molecule has 0 amide bonds. The number of carboxylic acids is 1. The summed E-state index contributed by atoms with van der Waals surface area (Å²) in [6.07, 6.45) is 3.64. The molecule has 32 heavy (non-hydrogen) atoms. The summed E-state index contributed by atoms with van der Waals surface area (Å²) in [4.78, 5) is 26.3. The molecule has 3 N–H and O–H groups in total. The summed E-state index contributed by atoms with van der Waals surface area (Å²) >= 11 is 0. The van der Waals surface area contributed by atoms with Gasteiger partial charge in [0.05, 0.1) is 22.6 Å². The Morgan fingerprint density at radius 1 is 1.31 bits per heavy atom. The quantitative estimate of drug-likeness (QED) is 0.700. The highest BCUT2D eigenvalue weighted by atomic mass is 19.3. The van der Waals surface area contributed by atoms with Gasteiger partial charge in [-0.3, -0.25) is 4.79 Å². The minimum Gasteiger partial charge on any atom is -0.477 e. The van der Waals surface area contributed by atoms with E-state index >= 15 is 0 Å². The van der Waals surface area contributed by atoms with Gasteiger partial charge in [-0.15, -0.1) is 0 Å². The number of halogens is 3. The molecule has 0 radical (unpaired) electrons. The summed E-state index contributed by atoms with van der Waals surface area (Å²) in [7, 11) is 0. The predicted molar refractivity (Wildman–Crippen MR) is 111 cm³/mol. The fourth-order valence-electron chi connectivity index (χ4n) is 5.16. The highest BCUT2D eigenvalue weighted by molar-refractivity contribution is 5.97. The van der Waals surface area contributed by atoms with Gasteiger partial charge in [-0.2, -0.15) is 8.78 Å². The molecule has 1 aliphatic heterocycles. The van der Waals surface area contributed by atoms with Crippen molar-refractivity contribution in [1.82, 2.24) is 4.57 Å². The smallest absolute Gasteiger partial charge is 0.387 e. The molecular weight excluding hydrogens is 427 g/mol. The van der Waals surface area contributed by atoms with Gasteiger partial charge in [0.1, 0.15) is 11.7 Å². The van der Waals surface area contributed by atoms with Gasteiger partial charge in [0, 0.05) is 31.2 Å². The lowest BCUT2D eigenvalue weighted by Crippen LogP contribution is -2.53. The van der Waals surface area contributed by atoms with Gasteiger partial charge in [0.2, 0.25) is 5.43 Å². The van der Waals surface area contributed by atoms with E-state index in [1.165, 1.54) is 16.7 Å². The predicted octanol–water partition coefficient (Wildman–Crippen LogP) is 3.29. The van der Waals surface area contributed by atoms with Crippen LogP contribution in [0.2, 0.25) is 0 Å². The van der Waals surface area contributed by atoms with Crippen LogP contribution in [0.15, 0.2) is 23.1 Å². The summed E-state index contributed by atoms with van der Waals surface area (Å²) in [5.41, 5.74) is 5.25. The first kappa shape index (κ1) is 21.1. The Labute approximate surface area is 181 Å². The molecular formula is C22H24F3N3O4. The molecule has 3 atom stereocenters. The van der Waals surface area contributed by atoms with Gasteiger partial charge in [-0.1, -0.05) is 0 Å². The molecule has 5 rings (SSSR count). The molecule has 1 aromatic heterocycles. The Hall–Kier alpha value is -2.75. The van der Waals surface area contributed by atoms with Gasteiger partial charge >= 0.3 is 12.6 Å². The summed E-state index contributed by atoms with van der Waals surface area (Å²) in [6.45, 7) is -2.02. The third kappa shape index (κ3) is 3.32. The van der Waals surface area contributed by atoms with Crippen molar-refractivity contribution in [3.8, 4) is 5.75 Å². The molecule has 7 nitrogen and oxygen atoms in total. The van der Waals surface area contributed by atoms with Crippen LogP contribution in [-0.2, 0) is 0 Å². The van der Waals surface area contributed by atoms with Crippen molar-refractivity contribution in [1.29, 1.82) is 0 Å². The van der Waals surface area contributed by atoms with Crippen molar-refractivity contribution in [2.45, 2.75) is 56.5 Å². The zero-order valence-corrected chi connectivity index (χ0v) is 17.3. The average molecular weight is 451 g/mol. The van der Waals surface area contributed by atoms with E-state index in [4.69, 9.17) is 10.5 Å². The number of hydrogen-bond acceptors (Lipinski definition) is 5. The first-order valence-electron chi connectivity index (χ1n) is 10.8. The van der Waals surface area contributed by atoms with Crippen LogP contribution in [0.4, 0.5) is 18.9 Å². The number of nitrogens with two attached hydrogens (primary N) is 1. The van der Waals surface area contributed by atoms with Crippen molar-refractivity contribution in [3.63, 3.8) is 0 Å². The molecule has 0 spiro atoms. The number of nitrogens with zero attached hydrogens (tertiary/aromatic N) is 2. The number of aromatic nitrogens is 1. The van der Waals surface area contributed by atoms with Crippen LogP contribution < -0.4 is 20.8 Å². The molecule has 2 saturated carbocycles. The van der Waals surface area contributed by atoms with E-state index in [0.717, 1.165) is 31.9 Å². The highest BCUT2D eigenvalue weighted by Crippen LogP contribution is 2.47. The lowest BCUT2D eigenvalue weighted by molar-refractivity contribution is -0.0487. The van der Waals surface area contributed by atoms with Crippen molar-refractivity contribution >= 4 is 22.6 Å². The van der Waals surface area contributed by atoms with Gasteiger partial charge < -0.3 is 25.0 Å². The molecule has 0 bridgehead atoms. The summed E-state index contributed by atoms with van der Waals surface area (Å²) in [5.74, 6) is -1.48. The Bertz CT molecular complexity index is 1150. The van der Waals surface area contributed by atoms with E-state index in [-0.39, 0.29) is 34.5 Å². The zero-order chi connectivity index (χ0) is 22.8. The fourth-order valence-corrected chi connectivity index (χ4v) is 5.16. The number of benzene rings is 1. The Morgan fingerprint density at radius 2 is 2.03 bits per heavy atom. The van der Waals surface area contributed by atoms with Crippen LogP contribution in [0, 0.1) is 5.92 Å². The second-order valence-electron chi connectivity index (χ2n) is 9.11. The standard InChI is InChI=1S/C22H24F3N3O4/c23-14-8-16(14)28-10-13(20(30)31)18(29)12-2-3-15(19(17(12)28)32-21(24)25)27-7-4-11(9-27)22(26)5-1-6-22/h2-3,10-11,14,16,21H,1,4-9,26H2,(H,30,31). The number of carboxylic acid groups (broad SMARTS) is 1. The number of ether oxygens (including phenoxy) is 1. The first-order chi connectivity index (χ1) is 15.2. The fraction of sp³-hybridized carbons (Fsp3) is 0.545. The largest absolute Gasteiger partial charge is 0.477 e. The van der Waals surface area contributed by atoms with Gasteiger partial charge in [0.15, 0.2) is 5.75 Å². The molecule has 172 valence electrons. The number of rotatable bonds is 6. The topological polar surface area (TPSA) is 97.8 Å². The van der Waals surface area contributed by atoms with Gasteiger partial charge in [0.25, 0.3) is 0 Å². The average Bonchev–Trinajstić information content (AvgIpc) is 3.23. The number of alkyl halides is 3. The second kappa shape index (κ2) is 7.40. The normalized spacial score (nSPS) is 26.4. The third-order valence-corrected chi connectivity index (χ3v) is 7.23. The van der Waals surface area contributed by atoms with Gasteiger partial charge in [-0.25, -0.2) is 9.18 Å². The monoisotopic (exact) mass is 451 g/mol. The molecule has 2 aromatic rings. The molecule has 2 aliphatic carbocycles. The minimum absolute atomic E-state index is 0.00231. The number of fused-ring (bicyclic) bond motifs is 1. The van der Waals surface area contributed by atoms with Crippen LogP contribution in [0.25, 0.3) is 10.9 Å². The van der Waals surface area contributed by atoms with Crippen LogP contribution in [-0.4, -0.2) is 47.1 Å². The maximum absolute atomic E-state index is 14.0. The van der Waals surface area contributed by atoms with E-state index in [1.807, 2.05) is 4.90 Å². The summed E-state index contributed by atoms with van der Waals surface area (Å²) < 4.78 is 47.1. The molecule has 2 heterocycles. The Morgan fingerprint density at radius 3 is 2.59 bits per heavy atom. The lowest BCUT2D eigenvalue weighted by atomic mass is 9.68. The van der Waals surface area contributed by atoms with Crippen molar-refractivity contribution in [2.24, 2.45) is 11.7 Å². The van der Waals surface area contributed by atoms with E-state index in [1.54, 1.807) is 0 Å². The number of anilines is 1. The second-order valence-corrected chi connectivity index (χ2v) is 9.11. The van der Waals surface area contributed by atoms with Crippen LogP contribution >= 0.6 is 0 Å². The molecule has 1 aromatic carbocycles. The highest BCUT2D eigenvalue weighted by Gasteiger charge is 2.44. The Kier molecular flexibility index (Phi) is 4.88. The van der Waals surface area contributed by atoms with E-state index in [2.05, 4.69) is 0 Å². The van der Waals surface area contributed by atoms with Gasteiger partial charge in [-0.05, 0) is 43.7 Å². The summed E-state index contributed by atoms with van der Waals surface area (Å²) in [6, 6.07) is 2.18. The maximum atomic E-state index is 14.0. The lowest BCUT2D eigenvalue weighted by Gasteiger charge is -2.43. The first-order valence-corrected chi connectivity index (χ1v) is 10.8. The third-order valence-electron chi connectivity index (χ3n) is 7.23. The number of hydrogen-bond donors (Lipinski definition) is 2. The zero-order valence-electron chi connectivity index (χ0n) is 17.3. The number of carbonyl (C=O) groups is 1. The summed E-state index contributed by atoms with van der Waals surface area (Å²) in [5, 5.41) is 9.33. The Balaban J connectivity index is 1.67. The minimum atomic E-state index is -3.17.